The summed E-state index contributed by atoms with van der Waals surface area (Å²) < 4.78 is 0. The number of amides is 2. The van der Waals surface area contributed by atoms with Crippen LogP contribution in [0.4, 0.5) is 0 Å². The van der Waals surface area contributed by atoms with Crippen molar-refractivity contribution in [3.63, 3.8) is 0 Å². The summed E-state index contributed by atoms with van der Waals surface area (Å²) in [4.78, 5) is 28.1. The molecule has 0 saturated carbocycles. The van der Waals surface area contributed by atoms with Crippen LogP contribution in [0, 0.1) is 11.3 Å². The van der Waals surface area contributed by atoms with Gasteiger partial charge in [0.05, 0.1) is 12.5 Å². The fourth-order valence-electron chi connectivity index (χ4n) is 2.06. The molecule has 0 atom stereocenters. The van der Waals surface area contributed by atoms with E-state index in [1.54, 1.807) is 21.1 Å². The molecule has 1 aliphatic rings. The maximum absolute atomic E-state index is 12.0. The Kier molecular flexibility index (Phi) is 4.53. The molecule has 1 aromatic heterocycles. The third kappa shape index (κ3) is 3.55. The highest BCUT2D eigenvalue weighted by Crippen LogP contribution is 2.12. The van der Waals surface area contributed by atoms with Crippen LogP contribution >= 0.6 is 11.3 Å². The number of rotatable bonds is 3. The van der Waals surface area contributed by atoms with Crippen molar-refractivity contribution in [2.75, 3.05) is 26.2 Å². The Hall–Kier alpha value is -1.87. The number of hydrogen-bond donors (Lipinski definition) is 0. The van der Waals surface area contributed by atoms with Gasteiger partial charge in [0, 0.05) is 31.1 Å². The first-order chi connectivity index (χ1) is 9.20. The first-order valence-electron chi connectivity index (χ1n) is 6.15. The minimum atomic E-state index is -0.146. The van der Waals surface area contributed by atoms with E-state index in [0.717, 1.165) is 4.88 Å². The largest absolute Gasteiger partial charge is 0.339 e. The Morgan fingerprint density at radius 3 is 2.37 bits per heavy atom. The first kappa shape index (κ1) is 13.6. The summed E-state index contributed by atoms with van der Waals surface area (Å²) in [6, 6.07) is 5.75. The normalized spacial score (nSPS) is 15.1. The molecule has 100 valence electrons. The minimum absolute atomic E-state index is 0.0802. The van der Waals surface area contributed by atoms with Crippen LogP contribution in [-0.2, 0) is 16.0 Å². The Morgan fingerprint density at radius 2 is 1.84 bits per heavy atom. The maximum atomic E-state index is 12.0. The van der Waals surface area contributed by atoms with Crippen LogP contribution in [0.15, 0.2) is 17.5 Å². The number of nitriles is 1. The quantitative estimate of drug-likeness (QED) is 0.823. The first-order valence-corrected chi connectivity index (χ1v) is 7.03. The standard InChI is InChI=1S/C13H15N3O2S/c14-4-3-12(17)15-5-7-16(8-6-15)13(18)10-11-2-1-9-19-11/h1-2,9H,3,5-8,10H2. The van der Waals surface area contributed by atoms with E-state index < -0.39 is 0 Å². The number of nitrogens with zero attached hydrogens (tertiary/aromatic N) is 3. The fourth-order valence-corrected chi connectivity index (χ4v) is 2.75. The summed E-state index contributed by atoms with van der Waals surface area (Å²) in [6.07, 6.45) is 0.354. The zero-order valence-corrected chi connectivity index (χ0v) is 11.4. The van der Waals surface area contributed by atoms with Crippen molar-refractivity contribution in [1.29, 1.82) is 5.26 Å². The van der Waals surface area contributed by atoms with Gasteiger partial charge in [-0.3, -0.25) is 9.59 Å². The average Bonchev–Trinajstić information content (AvgIpc) is 2.92. The van der Waals surface area contributed by atoms with Gasteiger partial charge in [-0.15, -0.1) is 11.3 Å². The van der Waals surface area contributed by atoms with Crippen molar-refractivity contribution >= 4 is 23.2 Å². The van der Waals surface area contributed by atoms with E-state index >= 15 is 0 Å². The van der Waals surface area contributed by atoms with E-state index in [-0.39, 0.29) is 18.2 Å². The van der Waals surface area contributed by atoms with Gasteiger partial charge in [0.1, 0.15) is 6.42 Å². The molecular formula is C13H15N3O2S. The SMILES string of the molecule is N#CCC(=O)N1CCN(C(=O)Cc2cccs2)CC1. The Balaban J connectivity index is 1.81. The molecule has 0 unspecified atom stereocenters. The average molecular weight is 277 g/mol. The van der Waals surface area contributed by atoms with E-state index in [0.29, 0.717) is 32.6 Å². The molecule has 1 fully saturated rings. The number of piperazine rings is 1. The van der Waals surface area contributed by atoms with Crippen molar-refractivity contribution in [3.05, 3.63) is 22.4 Å². The molecule has 0 radical (unpaired) electrons. The summed E-state index contributed by atoms with van der Waals surface area (Å²) in [7, 11) is 0. The van der Waals surface area contributed by atoms with Crippen LogP contribution in [0.2, 0.25) is 0 Å². The Morgan fingerprint density at radius 1 is 1.21 bits per heavy atom. The summed E-state index contributed by atoms with van der Waals surface area (Å²) in [5.74, 6) is -0.0392. The van der Waals surface area contributed by atoms with Gasteiger partial charge in [0.15, 0.2) is 0 Å². The molecule has 2 heterocycles. The van der Waals surface area contributed by atoms with Gasteiger partial charge in [-0.2, -0.15) is 5.26 Å². The third-order valence-electron chi connectivity index (χ3n) is 3.12. The van der Waals surface area contributed by atoms with E-state index in [1.165, 1.54) is 0 Å². The van der Waals surface area contributed by atoms with Gasteiger partial charge < -0.3 is 9.80 Å². The molecular weight excluding hydrogens is 262 g/mol. The zero-order chi connectivity index (χ0) is 13.7. The van der Waals surface area contributed by atoms with Gasteiger partial charge in [-0.25, -0.2) is 0 Å². The van der Waals surface area contributed by atoms with Crippen LogP contribution in [0.25, 0.3) is 0 Å². The Labute approximate surface area is 116 Å². The molecule has 0 aromatic carbocycles. The minimum Gasteiger partial charge on any atom is -0.339 e. The highest BCUT2D eigenvalue weighted by atomic mass is 32.1. The molecule has 0 bridgehead atoms. The van der Waals surface area contributed by atoms with Crippen LogP contribution in [0.3, 0.4) is 0 Å². The van der Waals surface area contributed by atoms with Crippen molar-refractivity contribution in [2.45, 2.75) is 12.8 Å². The molecule has 1 aromatic rings. The molecule has 5 nitrogen and oxygen atoms in total. The lowest BCUT2D eigenvalue weighted by Crippen LogP contribution is -2.50. The van der Waals surface area contributed by atoms with Gasteiger partial charge in [-0.05, 0) is 11.4 Å². The number of thiophene rings is 1. The second kappa shape index (κ2) is 6.34. The lowest BCUT2D eigenvalue weighted by atomic mass is 10.2. The summed E-state index contributed by atoms with van der Waals surface area (Å²) in [6.45, 7) is 2.16. The summed E-state index contributed by atoms with van der Waals surface area (Å²) in [5, 5.41) is 10.4. The van der Waals surface area contributed by atoms with Crippen molar-refractivity contribution in [1.82, 2.24) is 9.80 Å². The highest BCUT2D eigenvalue weighted by Gasteiger charge is 2.23. The summed E-state index contributed by atoms with van der Waals surface area (Å²) >= 11 is 1.58. The highest BCUT2D eigenvalue weighted by molar-refractivity contribution is 7.10. The lowest BCUT2D eigenvalue weighted by Gasteiger charge is -2.34. The van der Waals surface area contributed by atoms with Crippen LogP contribution in [0.1, 0.15) is 11.3 Å². The Bertz CT molecular complexity index is 484. The van der Waals surface area contributed by atoms with E-state index in [1.807, 2.05) is 23.6 Å². The second-order valence-electron chi connectivity index (χ2n) is 4.35. The molecule has 0 aliphatic carbocycles. The van der Waals surface area contributed by atoms with Crippen molar-refractivity contribution in [2.24, 2.45) is 0 Å². The molecule has 6 heteroatoms. The smallest absolute Gasteiger partial charge is 0.236 e. The number of hydrogen-bond acceptors (Lipinski definition) is 4. The topological polar surface area (TPSA) is 64.4 Å². The number of carbonyl (C=O) groups is 2. The molecule has 2 rings (SSSR count). The fraction of sp³-hybridized carbons (Fsp3) is 0.462. The molecule has 1 aliphatic heterocycles. The van der Waals surface area contributed by atoms with E-state index in [2.05, 4.69) is 0 Å². The molecule has 0 spiro atoms. The molecule has 19 heavy (non-hydrogen) atoms. The van der Waals surface area contributed by atoms with Crippen LogP contribution < -0.4 is 0 Å². The van der Waals surface area contributed by atoms with Gasteiger partial charge in [-0.1, -0.05) is 6.07 Å². The zero-order valence-electron chi connectivity index (χ0n) is 10.5. The third-order valence-corrected chi connectivity index (χ3v) is 4.00. The van der Waals surface area contributed by atoms with Crippen molar-refractivity contribution in [3.8, 4) is 6.07 Å². The number of carbonyl (C=O) groups excluding carboxylic acids is 2. The lowest BCUT2D eigenvalue weighted by molar-refractivity contribution is -0.138. The van der Waals surface area contributed by atoms with Crippen LogP contribution in [-0.4, -0.2) is 47.8 Å². The van der Waals surface area contributed by atoms with Gasteiger partial charge >= 0.3 is 0 Å². The van der Waals surface area contributed by atoms with E-state index in [4.69, 9.17) is 5.26 Å². The monoisotopic (exact) mass is 277 g/mol. The van der Waals surface area contributed by atoms with E-state index in [9.17, 15) is 9.59 Å². The van der Waals surface area contributed by atoms with Gasteiger partial charge in [0.2, 0.25) is 11.8 Å². The maximum Gasteiger partial charge on any atom is 0.236 e. The molecule has 2 amide bonds. The van der Waals surface area contributed by atoms with Gasteiger partial charge in [0.25, 0.3) is 0 Å². The predicted molar refractivity (Wildman–Crippen MR) is 71.4 cm³/mol. The van der Waals surface area contributed by atoms with Crippen molar-refractivity contribution < 1.29 is 9.59 Å². The van der Waals surface area contributed by atoms with Crippen LogP contribution in [0.5, 0.6) is 0 Å². The molecule has 1 saturated heterocycles. The molecule has 0 N–H and O–H groups in total. The predicted octanol–water partition coefficient (Wildman–Crippen LogP) is 0.875. The summed E-state index contributed by atoms with van der Waals surface area (Å²) in [5.41, 5.74) is 0. The second-order valence-corrected chi connectivity index (χ2v) is 5.38.